The topological polar surface area (TPSA) is 53.0 Å². The standard InChI is InChI=1S/C16H19NO2S/c1-4-12-11(3)17-15-10(2)6-5-7-13(15)16(12)20-9-8-14(18)19/h5-7H,4,8-9H2,1-3H3,(H,18,19)/p-1. The van der Waals surface area contributed by atoms with Crippen LogP contribution in [0.2, 0.25) is 0 Å². The van der Waals surface area contributed by atoms with E-state index in [2.05, 4.69) is 26.0 Å². The highest BCUT2D eigenvalue weighted by Gasteiger charge is 2.12. The number of aromatic nitrogens is 1. The maximum absolute atomic E-state index is 10.6. The van der Waals surface area contributed by atoms with Crippen molar-refractivity contribution in [2.24, 2.45) is 0 Å². The number of hydrogen-bond acceptors (Lipinski definition) is 4. The predicted octanol–water partition coefficient (Wildman–Crippen LogP) is 2.65. The molecule has 2 rings (SSSR count). The van der Waals surface area contributed by atoms with Crippen LogP contribution in [0.4, 0.5) is 0 Å². The van der Waals surface area contributed by atoms with Gasteiger partial charge in [-0.25, -0.2) is 0 Å². The van der Waals surface area contributed by atoms with Gasteiger partial charge in [-0.2, -0.15) is 0 Å². The molecule has 20 heavy (non-hydrogen) atoms. The number of nitrogens with zero attached hydrogens (tertiary/aromatic N) is 1. The summed E-state index contributed by atoms with van der Waals surface area (Å²) in [7, 11) is 0. The highest BCUT2D eigenvalue weighted by Crippen LogP contribution is 2.34. The second-order valence-electron chi connectivity index (χ2n) is 4.80. The van der Waals surface area contributed by atoms with Crippen LogP contribution in [0.25, 0.3) is 10.9 Å². The van der Waals surface area contributed by atoms with Gasteiger partial charge in [-0.05, 0) is 37.8 Å². The molecule has 0 aliphatic rings. The molecule has 0 saturated heterocycles. The number of rotatable bonds is 5. The number of carbonyl (C=O) groups is 1. The number of hydrogen-bond donors (Lipinski definition) is 0. The molecule has 0 saturated carbocycles. The van der Waals surface area contributed by atoms with Crippen molar-refractivity contribution in [3.8, 4) is 0 Å². The SMILES string of the molecule is CCc1c(C)nc2c(C)cccc2c1SCCC(=O)[O-]. The number of para-hydroxylation sites is 1. The second kappa shape index (κ2) is 6.27. The molecule has 2 aromatic rings. The molecule has 0 amide bonds. The molecule has 106 valence electrons. The molecule has 0 atom stereocenters. The molecule has 4 heteroatoms. The Morgan fingerprint density at radius 3 is 2.75 bits per heavy atom. The summed E-state index contributed by atoms with van der Waals surface area (Å²) in [5, 5.41) is 11.7. The van der Waals surface area contributed by atoms with Gasteiger partial charge in [0.1, 0.15) is 0 Å². The Hall–Kier alpha value is -1.55. The third-order valence-electron chi connectivity index (χ3n) is 3.38. The van der Waals surface area contributed by atoms with Gasteiger partial charge in [-0.15, -0.1) is 11.8 Å². The van der Waals surface area contributed by atoms with E-state index < -0.39 is 5.97 Å². The molecule has 1 aromatic carbocycles. The van der Waals surface area contributed by atoms with E-state index in [-0.39, 0.29) is 6.42 Å². The minimum Gasteiger partial charge on any atom is -0.550 e. The number of aliphatic carboxylic acids is 1. The van der Waals surface area contributed by atoms with Crippen LogP contribution >= 0.6 is 11.8 Å². The fraction of sp³-hybridized carbons (Fsp3) is 0.375. The zero-order valence-corrected chi connectivity index (χ0v) is 12.8. The van der Waals surface area contributed by atoms with Crippen LogP contribution in [0.15, 0.2) is 23.1 Å². The van der Waals surface area contributed by atoms with Crippen molar-refractivity contribution in [3.63, 3.8) is 0 Å². The summed E-state index contributed by atoms with van der Waals surface area (Å²) >= 11 is 1.59. The van der Waals surface area contributed by atoms with Gasteiger partial charge in [0.25, 0.3) is 0 Å². The lowest BCUT2D eigenvalue weighted by Gasteiger charge is -2.15. The minimum atomic E-state index is -0.998. The summed E-state index contributed by atoms with van der Waals surface area (Å²) in [5.41, 5.74) is 4.41. The lowest BCUT2D eigenvalue weighted by molar-refractivity contribution is -0.305. The molecule has 3 nitrogen and oxygen atoms in total. The highest BCUT2D eigenvalue weighted by molar-refractivity contribution is 7.99. The monoisotopic (exact) mass is 288 g/mol. The predicted molar refractivity (Wildman–Crippen MR) is 80.9 cm³/mol. The average molecular weight is 288 g/mol. The Morgan fingerprint density at radius 2 is 2.10 bits per heavy atom. The van der Waals surface area contributed by atoms with Gasteiger partial charge in [0.05, 0.1) is 5.52 Å². The third-order valence-corrected chi connectivity index (χ3v) is 4.54. The van der Waals surface area contributed by atoms with Crippen molar-refractivity contribution in [1.82, 2.24) is 4.98 Å². The first-order valence-electron chi connectivity index (χ1n) is 6.76. The van der Waals surface area contributed by atoms with E-state index in [0.717, 1.165) is 28.6 Å². The number of fused-ring (bicyclic) bond motifs is 1. The fourth-order valence-corrected chi connectivity index (χ4v) is 3.63. The number of thioether (sulfide) groups is 1. The van der Waals surface area contributed by atoms with Gasteiger partial charge in [0.2, 0.25) is 0 Å². The smallest absolute Gasteiger partial charge is 0.0745 e. The van der Waals surface area contributed by atoms with E-state index in [1.165, 1.54) is 10.5 Å². The Labute approximate surface area is 123 Å². The number of aryl methyl sites for hydroxylation is 2. The van der Waals surface area contributed by atoms with E-state index in [1.807, 2.05) is 13.0 Å². The molecule has 0 N–H and O–H groups in total. The summed E-state index contributed by atoms with van der Waals surface area (Å²) in [5.74, 6) is -0.469. The van der Waals surface area contributed by atoms with Gasteiger partial charge >= 0.3 is 0 Å². The first kappa shape index (κ1) is 14.9. The fourth-order valence-electron chi connectivity index (χ4n) is 2.37. The summed E-state index contributed by atoms with van der Waals surface area (Å²) in [6.07, 6.45) is 0.971. The molecule has 0 bridgehead atoms. The Balaban J connectivity index is 2.52. The highest BCUT2D eigenvalue weighted by atomic mass is 32.2. The van der Waals surface area contributed by atoms with E-state index in [0.29, 0.717) is 5.75 Å². The maximum Gasteiger partial charge on any atom is 0.0745 e. The van der Waals surface area contributed by atoms with Crippen molar-refractivity contribution in [2.45, 2.75) is 38.5 Å². The second-order valence-corrected chi connectivity index (χ2v) is 5.91. The van der Waals surface area contributed by atoms with Crippen LogP contribution in [0.1, 0.15) is 30.2 Å². The Morgan fingerprint density at radius 1 is 1.35 bits per heavy atom. The van der Waals surface area contributed by atoms with E-state index in [4.69, 9.17) is 4.98 Å². The lowest BCUT2D eigenvalue weighted by atomic mass is 10.0. The summed E-state index contributed by atoms with van der Waals surface area (Å²) in [6.45, 7) is 6.18. The van der Waals surface area contributed by atoms with Crippen LogP contribution < -0.4 is 5.11 Å². The molecule has 0 unspecified atom stereocenters. The average Bonchev–Trinajstić information content (AvgIpc) is 2.39. The van der Waals surface area contributed by atoms with E-state index in [1.54, 1.807) is 11.8 Å². The van der Waals surface area contributed by atoms with Gasteiger partial charge in [0.15, 0.2) is 0 Å². The van der Waals surface area contributed by atoms with Gasteiger partial charge in [0, 0.05) is 27.7 Å². The largest absolute Gasteiger partial charge is 0.550 e. The molecule has 1 aromatic heterocycles. The Kier molecular flexibility index (Phi) is 4.65. The quantitative estimate of drug-likeness (QED) is 0.794. The summed E-state index contributed by atoms with van der Waals surface area (Å²) in [4.78, 5) is 16.5. The number of pyridine rings is 1. The lowest BCUT2D eigenvalue weighted by Crippen LogP contribution is -2.22. The Bertz CT molecular complexity index is 652. The zero-order chi connectivity index (χ0) is 14.7. The van der Waals surface area contributed by atoms with Crippen LogP contribution in [-0.2, 0) is 11.2 Å². The van der Waals surface area contributed by atoms with Crippen LogP contribution in [0.5, 0.6) is 0 Å². The molecule has 0 spiro atoms. The molecule has 0 fully saturated rings. The molecule has 1 heterocycles. The van der Waals surface area contributed by atoms with Crippen LogP contribution in [-0.4, -0.2) is 16.7 Å². The van der Waals surface area contributed by atoms with E-state index >= 15 is 0 Å². The van der Waals surface area contributed by atoms with Crippen LogP contribution in [0, 0.1) is 13.8 Å². The third kappa shape index (κ3) is 2.96. The van der Waals surface area contributed by atoms with Crippen molar-refractivity contribution in [3.05, 3.63) is 35.0 Å². The summed E-state index contributed by atoms with van der Waals surface area (Å²) in [6, 6.07) is 6.14. The number of carboxylic acid groups (broad SMARTS) is 1. The molecule has 0 radical (unpaired) electrons. The van der Waals surface area contributed by atoms with Gasteiger partial charge < -0.3 is 9.90 Å². The van der Waals surface area contributed by atoms with Gasteiger partial charge in [-0.1, -0.05) is 25.1 Å². The first-order chi connectivity index (χ1) is 9.54. The zero-order valence-electron chi connectivity index (χ0n) is 12.0. The molecule has 0 aliphatic carbocycles. The molecular formula is C16H18NO2S-. The van der Waals surface area contributed by atoms with Crippen molar-refractivity contribution in [2.75, 3.05) is 5.75 Å². The molecule has 0 aliphatic heterocycles. The number of carboxylic acids is 1. The van der Waals surface area contributed by atoms with Crippen molar-refractivity contribution < 1.29 is 9.90 Å². The maximum atomic E-state index is 10.6. The normalized spacial score (nSPS) is 10.9. The molecular weight excluding hydrogens is 270 g/mol. The number of benzene rings is 1. The number of carbonyl (C=O) groups excluding carboxylic acids is 1. The minimum absolute atomic E-state index is 0.0719. The van der Waals surface area contributed by atoms with E-state index in [9.17, 15) is 9.90 Å². The first-order valence-corrected chi connectivity index (χ1v) is 7.74. The van der Waals surface area contributed by atoms with Crippen molar-refractivity contribution in [1.29, 1.82) is 0 Å². The summed E-state index contributed by atoms with van der Waals surface area (Å²) < 4.78 is 0. The van der Waals surface area contributed by atoms with Crippen molar-refractivity contribution >= 4 is 28.6 Å². The van der Waals surface area contributed by atoms with Gasteiger partial charge in [-0.3, -0.25) is 4.98 Å². The van der Waals surface area contributed by atoms with Crippen LogP contribution in [0.3, 0.4) is 0 Å².